The first-order chi connectivity index (χ1) is 13.2. The van der Waals surface area contributed by atoms with E-state index in [9.17, 15) is 0 Å². The zero-order valence-corrected chi connectivity index (χ0v) is 15.3. The van der Waals surface area contributed by atoms with Crippen LogP contribution in [0.5, 0.6) is 0 Å². The van der Waals surface area contributed by atoms with Crippen molar-refractivity contribution >= 4 is 40.6 Å². The number of nitrogens with two attached hydrogens (primary N) is 1. The maximum absolute atomic E-state index is 6.33. The maximum atomic E-state index is 6.33. The molecule has 9 heteroatoms. The van der Waals surface area contributed by atoms with Gasteiger partial charge in [-0.2, -0.15) is 0 Å². The van der Waals surface area contributed by atoms with E-state index in [0.717, 1.165) is 37.8 Å². The van der Waals surface area contributed by atoms with E-state index < -0.39 is 0 Å². The lowest BCUT2D eigenvalue weighted by atomic mass is 10.3. The second-order valence-electron chi connectivity index (χ2n) is 6.11. The van der Waals surface area contributed by atoms with E-state index >= 15 is 0 Å². The fourth-order valence-electron chi connectivity index (χ4n) is 3.00. The van der Waals surface area contributed by atoms with Gasteiger partial charge in [0.05, 0.1) is 5.02 Å². The lowest BCUT2D eigenvalue weighted by molar-refractivity contribution is 0.642. The number of nitrogens with zero attached hydrogens (tertiary/aromatic N) is 6. The second-order valence-corrected chi connectivity index (χ2v) is 6.54. The summed E-state index contributed by atoms with van der Waals surface area (Å²) in [5.74, 6) is 2.86. The fraction of sp³-hybridized carbons (Fsp3) is 0.222. The summed E-state index contributed by atoms with van der Waals surface area (Å²) in [6.45, 7) is 3.30. The molecule has 4 heterocycles. The Morgan fingerprint density at radius 3 is 2.44 bits per heavy atom. The Hall–Kier alpha value is -3.13. The summed E-state index contributed by atoms with van der Waals surface area (Å²) in [4.78, 5) is 21.7. The summed E-state index contributed by atoms with van der Waals surface area (Å²) in [6.07, 6.45) is 4.89. The molecule has 0 atom stereocenters. The zero-order valence-electron chi connectivity index (χ0n) is 14.6. The third-order valence-electron chi connectivity index (χ3n) is 4.39. The number of pyridine rings is 2. The third kappa shape index (κ3) is 3.85. The Kier molecular flexibility index (Phi) is 4.88. The minimum atomic E-state index is 0.500. The van der Waals surface area contributed by atoms with Crippen molar-refractivity contribution < 1.29 is 0 Å². The van der Waals surface area contributed by atoms with E-state index in [0.29, 0.717) is 22.3 Å². The molecule has 0 amide bonds. The summed E-state index contributed by atoms with van der Waals surface area (Å²) in [5.41, 5.74) is 6.83. The van der Waals surface area contributed by atoms with Crippen LogP contribution in [0.15, 0.2) is 49.1 Å². The number of halogens is 1. The van der Waals surface area contributed by atoms with Gasteiger partial charge in [-0.25, -0.2) is 19.9 Å². The van der Waals surface area contributed by atoms with Crippen molar-refractivity contribution in [3.8, 4) is 0 Å². The molecule has 4 rings (SSSR count). The number of nitrogens with one attached hydrogen (secondary N) is 1. The van der Waals surface area contributed by atoms with Crippen molar-refractivity contribution in [3.63, 3.8) is 0 Å². The Morgan fingerprint density at radius 1 is 0.926 bits per heavy atom. The monoisotopic (exact) mass is 382 g/mol. The van der Waals surface area contributed by atoms with Crippen LogP contribution < -0.4 is 20.9 Å². The van der Waals surface area contributed by atoms with E-state index in [2.05, 4.69) is 35.1 Å². The maximum Gasteiger partial charge on any atom is 0.160 e. The van der Waals surface area contributed by atoms with Crippen molar-refractivity contribution in [1.82, 2.24) is 19.9 Å². The van der Waals surface area contributed by atoms with Crippen LogP contribution >= 0.6 is 11.6 Å². The molecule has 3 aromatic heterocycles. The van der Waals surface area contributed by atoms with E-state index in [-0.39, 0.29) is 0 Å². The number of rotatable bonds is 4. The number of hydrogen-bond donors (Lipinski definition) is 2. The molecule has 0 saturated carbocycles. The topological polar surface area (TPSA) is 96.1 Å². The largest absolute Gasteiger partial charge is 0.393 e. The van der Waals surface area contributed by atoms with Gasteiger partial charge >= 0.3 is 0 Å². The first kappa shape index (κ1) is 17.3. The molecule has 0 aliphatic carbocycles. The fourth-order valence-corrected chi connectivity index (χ4v) is 3.11. The molecule has 27 heavy (non-hydrogen) atoms. The first-order valence-electron chi connectivity index (χ1n) is 8.61. The molecule has 0 spiro atoms. The van der Waals surface area contributed by atoms with Crippen LogP contribution in [0.2, 0.25) is 5.02 Å². The van der Waals surface area contributed by atoms with Crippen molar-refractivity contribution in [1.29, 1.82) is 0 Å². The molecule has 1 aliphatic heterocycles. The molecule has 0 radical (unpaired) electrons. The Balaban J connectivity index is 1.47. The summed E-state index contributed by atoms with van der Waals surface area (Å²) in [5, 5.41) is 3.69. The van der Waals surface area contributed by atoms with Crippen LogP contribution in [-0.4, -0.2) is 46.1 Å². The van der Waals surface area contributed by atoms with Crippen molar-refractivity contribution in [2.45, 2.75) is 0 Å². The highest BCUT2D eigenvalue weighted by molar-refractivity contribution is 6.30. The Bertz CT molecular complexity index is 895. The second kappa shape index (κ2) is 7.63. The van der Waals surface area contributed by atoms with Crippen LogP contribution in [0.3, 0.4) is 0 Å². The minimum absolute atomic E-state index is 0.500. The van der Waals surface area contributed by atoms with Crippen molar-refractivity contribution in [3.05, 3.63) is 54.1 Å². The molecule has 0 bridgehead atoms. The van der Waals surface area contributed by atoms with Gasteiger partial charge in [0.15, 0.2) is 11.6 Å². The van der Waals surface area contributed by atoms with Crippen LogP contribution in [-0.2, 0) is 0 Å². The first-order valence-corrected chi connectivity index (χ1v) is 8.98. The number of aromatic nitrogens is 4. The number of hydrogen-bond acceptors (Lipinski definition) is 8. The van der Waals surface area contributed by atoms with Gasteiger partial charge in [-0.1, -0.05) is 17.7 Å². The summed E-state index contributed by atoms with van der Waals surface area (Å²) in [6, 6.07) is 9.47. The van der Waals surface area contributed by atoms with Crippen molar-refractivity contribution in [2.24, 2.45) is 0 Å². The standard InChI is InChI=1S/C18H19ClN8/c19-13-4-5-14(22-11-13)25-17-16(20)18(24-12-23-17)27-9-7-26(8-10-27)15-3-1-2-6-21-15/h1-6,11-12H,7-10,20H2,(H,22,23,24,25). The van der Waals surface area contributed by atoms with Gasteiger partial charge in [0.1, 0.15) is 23.7 Å². The Morgan fingerprint density at radius 2 is 1.74 bits per heavy atom. The van der Waals surface area contributed by atoms with Crippen LogP contribution in [0.25, 0.3) is 0 Å². The summed E-state index contributed by atoms with van der Waals surface area (Å²) < 4.78 is 0. The van der Waals surface area contributed by atoms with Gasteiger partial charge in [-0.05, 0) is 24.3 Å². The SMILES string of the molecule is Nc1c(Nc2ccc(Cl)cn2)ncnc1N1CCN(c2ccccn2)CC1. The summed E-state index contributed by atoms with van der Waals surface area (Å²) in [7, 11) is 0. The predicted octanol–water partition coefficient (Wildman–Crippen LogP) is 2.57. The zero-order chi connectivity index (χ0) is 18.6. The normalized spacial score (nSPS) is 14.3. The molecule has 138 valence electrons. The van der Waals surface area contributed by atoms with Gasteiger partial charge in [0.25, 0.3) is 0 Å². The molecule has 0 unspecified atom stereocenters. The summed E-state index contributed by atoms with van der Waals surface area (Å²) >= 11 is 5.87. The lowest BCUT2D eigenvalue weighted by Crippen LogP contribution is -2.47. The number of piperazine rings is 1. The van der Waals surface area contributed by atoms with Gasteiger partial charge in [0.2, 0.25) is 0 Å². The minimum Gasteiger partial charge on any atom is -0.393 e. The van der Waals surface area contributed by atoms with Gasteiger partial charge in [-0.3, -0.25) is 0 Å². The van der Waals surface area contributed by atoms with Gasteiger partial charge < -0.3 is 20.9 Å². The lowest BCUT2D eigenvalue weighted by Gasteiger charge is -2.36. The average molecular weight is 383 g/mol. The van der Waals surface area contributed by atoms with Gasteiger partial charge in [-0.15, -0.1) is 0 Å². The molecule has 1 saturated heterocycles. The predicted molar refractivity (Wildman–Crippen MR) is 108 cm³/mol. The number of nitrogen functional groups attached to an aromatic ring is 1. The molecule has 3 N–H and O–H groups in total. The van der Waals surface area contributed by atoms with Gasteiger partial charge in [0, 0.05) is 38.6 Å². The molecule has 0 aromatic carbocycles. The smallest absolute Gasteiger partial charge is 0.160 e. The molecular weight excluding hydrogens is 364 g/mol. The van der Waals surface area contributed by atoms with Crippen LogP contribution in [0, 0.1) is 0 Å². The van der Waals surface area contributed by atoms with Crippen LogP contribution in [0.1, 0.15) is 0 Å². The Labute approximate surface area is 162 Å². The average Bonchev–Trinajstić information content (AvgIpc) is 2.72. The highest BCUT2D eigenvalue weighted by Gasteiger charge is 2.22. The van der Waals surface area contributed by atoms with Crippen LogP contribution in [0.4, 0.5) is 29.0 Å². The molecular formula is C18H19ClN8. The van der Waals surface area contributed by atoms with E-state index in [1.807, 2.05) is 24.4 Å². The highest BCUT2D eigenvalue weighted by atomic mass is 35.5. The van der Waals surface area contributed by atoms with E-state index in [1.165, 1.54) is 6.33 Å². The molecule has 1 aliphatic rings. The van der Waals surface area contributed by atoms with Crippen molar-refractivity contribution in [2.75, 3.05) is 47.0 Å². The molecule has 1 fully saturated rings. The molecule has 3 aromatic rings. The third-order valence-corrected chi connectivity index (χ3v) is 4.61. The highest BCUT2D eigenvalue weighted by Crippen LogP contribution is 2.29. The quantitative estimate of drug-likeness (QED) is 0.710. The van der Waals surface area contributed by atoms with E-state index in [1.54, 1.807) is 18.3 Å². The van der Waals surface area contributed by atoms with E-state index in [4.69, 9.17) is 17.3 Å². The molecule has 8 nitrogen and oxygen atoms in total. The number of anilines is 5.